The van der Waals surface area contributed by atoms with Gasteiger partial charge in [-0.05, 0) is 49.3 Å². The lowest BCUT2D eigenvalue weighted by Crippen LogP contribution is -2.37. The molecule has 2 heterocycles. The third-order valence-electron chi connectivity index (χ3n) is 4.03. The number of halogens is 1. The molecule has 0 spiro atoms. The molecule has 1 aliphatic rings. The van der Waals surface area contributed by atoms with Gasteiger partial charge in [-0.3, -0.25) is 4.90 Å². The first-order valence-electron chi connectivity index (χ1n) is 7.35. The van der Waals surface area contributed by atoms with Gasteiger partial charge in [0.1, 0.15) is 0 Å². The fraction of sp³-hybridized carbons (Fsp3) is 0.467. The Balaban J connectivity index is 1.83. The van der Waals surface area contributed by atoms with Crippen LogP contribution < -0.4 is 0 Å². The maximum Gasteiger partial charge on any atom is 0.199 e. The van der Waals surface area contributed by atoms with Gasteiger partial charge in [-0.25, -0.2) is 4.68 Å². The minimum atomic E-state index is -0.169. The number of likely N-dealkylation sites (tertiary alicyclic amines) is 1. The van der Waals surface area contributed by atoms with Crippen molar-refractivity contribution >= 4 is 23.8 Å². The molecule has 0 atom stereocenters. The summed E-state index contributed by atoms with van der Waals surface area (Å²) < 4.78 is 4.45. The molecule has 0 radical (unpaired) electrons. The van der Waals surface area contributed by atoms with Gasteiger partial charge in [0.05, 0.1) is 12.8 Å². The normalized spacial score (nSPS) is 17.0. The predicted molar refractivity (Wildman–Crippen MR) is 89.3 cm³/mol. The second-order valence-electron chi connectivity index (χ2n) is 5.66. The summed E-state index contributed by atoms with van der Waals surface area (Å²) in [4.78, 5) is 2.27. The lowest BCUT2D eigenvalue weighted by Gasteiger charge is -2.28. The van der Waals surface area contributed by atoms with Crippen LogP contribution in [0.2, 0.25) is 5.02 Å². The molecule has 0 bridgehead atoms. The monoisotopic (exact) mass is 338 g/mol. The summed E-state index contributed by atoms with van der Waals surface area (Å²) in [5, 5.41) is 14.9. The molecule has 2 aromatic rings. The van der Waals surface area contributed by atoms with Crippen molar-refractivity contribution in [2.45, 2.75) is 25.6 Å². The van der Waals surface area contributed by atoms with Gasteiger partial charge in [-0.1, -0.05) is 11.6 Å². The number of aliphatic hydroxyl groups excluding tert-OH is 1. The lowest BCUT2D eigenvalue weighted by atomic mass is 10.1. The van der Waals surface area contributed by atoms with Crippen LogP contribution >= 0.6 is 23.8 Å². The van der Waals surface area contributed by atoms with Gasteiger partial charge < -0.3 is 9.67 Å². The third-order valence-corrected chi connectivity index (χ3v) is 4.77. The second-order valence-corrected chi connectivity index (χ2v) is 6.46. The van der Waals surface area contributed by atoms with Crippen molar-refractivity contribution in [1.29, 1.82) is 0 Å². The summed E-state index contributed by atoms with van der Waals surface area (Å²) >= 11 is 11.4. The van der Waals surface area contributed by atoms with E-state index in [1.807, 2.05) is 40.6 Å². The highest BCUT2D eigenvalue weighted by Gasteiger charge is 2.18. The van der Waals surface area contributed by atoms with Crippen LogP contribution in [0.15, 0.2) is 24.3 Å². The van der Waals surface area contributed by atoms with Crippen LogP contribution in [0.1, 0.15) is 12.8 Å². The molecule has 1 saturated heterocycles. The van der Waals surface area contributed by atoms with Crippen LogP contribution in [-0.2, 0) is 13.7 Å². The zero-order chi connectivity index (χ0) is 15.7. The summed E-state index contributed by atoms with van der Waals surface area (Å²) in [5.74, 6) is 0.832. The maximum absolute atomic E-state index is 9.58. The van der Waals surface area contributed by atoms with Crippen molar-refractivity contribution in [3.05, 3.63) is 34.1 Å². The number of benzene rings is 1. The van der Waals surface area contributed by atoms with Crippen molar-refractivity contribution in [2.75, 3.05) is 13.1 Å². The molecule has 0 saturated carbocycles. The molecule has 1 aromatic carbocycles. The third kappa shape index (κ3) is 3.25. The van der Waals surface area contributed by atoms with Crippen LogP contribution in [0.5, 0.6) is 0 Å². The molecule has 0 aliphatic carbocycles. The predicted octanol–water partition coefficient (Wildman–Crippen LogP) is 2.69. The van der Waals surface area contributed by atoms with Crippen LogP contribution in [0.3, 0.4) is 0 Å². The smallest absolute Gasteiger partial charge is 0.199 e. The number of hydrogen-bond acceptors (Lipinski definition) is 4. The molecule has 1 aromatic heterocycles. The van der Waals surface area contributed by atoms with Gasteiger partial charge in [-0.15, -0.1) is 0 Å². The van der Waals surface area contributed by atoms with Crippen LogP contribution in [0, 0.1) is 4.77 Å². The molecule has 3 rings (SSSR count). The minimum Gasteiger partial charge on any atom is -0.393 e. The average Bonchev–Trinajstić information content (AvgIpc) is 2.79. The average molecular weight is 339 g/mol. The van der Waals surface area contributed by atoms with Crippen molar-refractivity contribution in [3.8, 4) is 11.4 Å². The van der Waals surface area contributed by atoms with Gasteiger partial charge in [-0.2, -0.15) is 5.10 Å². The summed E-state index contributed by atoms with van der Waals surface area (Å²) in [6.45, 7) is 2.40. The Kier molecular flexibility index (Phi) is 4.63. The van der Waals surface area contributed by atoms with E-state index >= 15 is 0 Å². The number of hydrogen-bond donors (Lipinski definition) is 1. The number of aliphatic hydroxyl groups is 1. The van der Waals surface area contributed by atoms with Gasteiger partial charge in [0.15, 0.2) is 10.6 Å². The van der Waals surface area contributed by atoms with E-state index < -0.39 is 0 Å². The zero-order valence-corrected chi connectivity index (χ0v) is 14.0. The Morgan fingerprint density at radius 3 is 2.55 bits per heavy atom. The molecule has 0 unspecified atom stereocenters. The molecule has 5 nitrogen and oxygen atoms in total. The lowest BCUT2D eigenvalue weighted by molar-refractivity contribution is 0.0650. The molecular formula is C15H19ClN4OS. The van der Waals surface area contributed by atoms with E-state index in [-0.39, 0.29) is 6.10 Å². The highest BCUT2D eigenvalue weighted by Crippen LogP contribution is 2.20. The van der Waals surface area contributed by atoms with E-state index in [1.165, 1.54) is 0 Å². The van der Waals surface area contributed by atoms with Crippen molar-refractivity contribution in [1.82, 2.24) is 19.2 Å². The molecule has 1 aliphatic heterocycles. The molecule has 22 heavy (non-hydrogen) atoms. The largest absolute Gasteiger partial charge is 0.393 e. The first-order valence-corrected chi connectivity index (χ1v) is 8.13. The summed E-state index contributed by atoms with van der Waals surface area (Å²) in [5.41, 5.74) is 0.991. The minimum absolute atomic E-state index is 0.169. The molecule has 0 amide bonds. The second kappa shape index (κ2) is 6.50. The Morgan fingerprint density at radius 2 is 1.91 bits per heavy atom. The first-order chi connectivity index (χ1) is 10.5. The number of aromatic nitrogens is 3. The van der Waals surface area contributed by atoms with E-state index in [9.17, 15) is 5.11 Å². The molecule has 118 valence electrons. The van der Waals surface area contributed by atoms with Crippen LogP contribution in [-0.4, -0.2) is 43.5 Å². The van der Waals surface area contributed by atoms with E-state index in [0.717, 1.165) is 37.3 Å². The Morgan fingerprint density at radius 1 is 1.27 bits per heavy atom. The van der Waals surface area contributed by atoms with Gasteiger partial charge in [0.25, 0.3) is 0 Å². The van der Waals surface area contributed by atoms with E-state index in [1.54, 1.807) is 0 Å². The fourth-order valence-corrected chi connectivity index (χ4v) is 2.99. The Labute approximate surface area is 139 Å². The van der Waals surface area contributed by atoms with Gasteiger partial charge in [0.2, 0.25) is 0 Å². The van der Waals surface area contributed by atoms with Gasteiger partial charge >= 0.3 is 0 Å². The first kappa shape index (κ1) is 15.7. The van der Waals surface area contributed by atoms with Crippen molar-refractivity contribution in [3.63, 3.8) is 0 Å². The zero-order valence-electron chi connectivity index (χ0n) is 12.4. The van der Waals surface area contributed by atoms with E-state index in [4.69, 9.17) is 23.8 Å². The Bertz CT molecular complexity index is 701. The van der Waals surface area contributed by atoms with E-state index in [2.05, 4.69) is 10.00 Å². The summed E-state index contributed by atoms with van der Waals surface area (Å²) in [6.07, 6.45) is 1.45. The van der Waals surface area contributed by atoms with Crippen LogP contribution in [0.4, 0.5) is 0 Å². The quantitative estimate of drug-likeness (QED) is 0.874. The van der Waals surface area contributed by atoms with Gasteiger partial charge in [0, 0.05) is 30.7 Å². The number of nitrogens with zero attached hydrogens (tertiary/aromatic N) is 4. The molecule has 1 fully saturated rings. The summed E-state index contributed by atoms with van der Waals surface area (Å²) in [7, 11) is 1.93. The Hall–Kier alpha value is -1.21. The standard InChI is InChI=1S/C15H19ClN4OS/c1-18-14(11-2-4-12(16)5-3-11)17-20(15(18)22)10-19-8-6-13(21)7-9-19/h2-5,13,21H,6-10H2,1H3. The number of piperidine rings is 1. The molecule has 1 N–H and O–H groups in total. The van der Waals surface area contributed by atoms with Crippen LogP contribution in [0.25, 0.3) is 11.4 Å². The maximum atomic E-state index is 9.58. The molecular weight excluding hydrogens is 320 g/mol. The topological polar surface area (TPSA) is 46.2 Å². The van der Waals surface area contributed by atoms with E-state index in [0.29, 0.717) is 16.5 Å². The van der Waals surface area contributed by atoms with Crippen molar-refractivity contribution in [2.24, 2.45) is 7.05 Å². The fourth-order valence-electron chi connectivity index (χ4n) is 2.68. The highest BCUT2D eigenvalue weighted by molar-refractivity contribution is 7.71. The number of rotatable bonds is 3. The summed E-state index contributed by atoms with van der Waals surface area (Å²) in [6, 6.07) is 7.60. The SMILES string of the molecule is Cn1c(-c2ccc(Cl)cc2)nn(CN2CCC(O)CC2)c1=S. The highest BCUT2D eigenvalue weighted by atomic mass is 35.5. The molecule has 7 heteroatoms. The van der Waals surface area contributed by atoms with Crippen molar-refractivity contribution < 1.29 is 5.11 Å².